The molecule has 4 rings (SSSR count). The second-order valence-corrected chi connectivity index (χ2v) is 9.43. The Morgan fingerprint density at radius 2 is 1.25 bits per heavy atom. The number of alkyl halides is 2. The van der Waals surface area contributed by atoms with E-state index in [0.29, 0.717) is 11.8 Å². The third kappa shape index (κ3) is 9.09. The average molecular weight is 630 g/mol. The predicted molar refractivity (Wildman–Crippen MR) is 172 cm³/mol. The Hall–Kier alpha value is -0.980. The maximum absolute atomic E-state index is 5.92. The van der Waals surface area contributed by atoms with Crippen molar-refractivity contribution in [3.8, 4) is 0 Å². The number of pyridine rings is 1. The molecule has 0 aliphatic rings. The Bertz CT molecular complexity index is 1100. The minimum absolute atomic E-state index is 0. The van der Waals surface area contributed by atoms with Crippen molar-refractivity contribution in [2.24, 2.45) is 0 Å². The number of nitrogens with one attached hydrogen (secondary N) is 1. The summed E-state index contributed by atoms with van der Waals surface area (Å²) in [5.74, 6) is 2.26. The number of anilines is 2. The van der Waals surface area contributed by atoms with Crippen molar-refractivity contribution < 1.29 is 0 Å². The smallest absolute Gasteiger partial charge is 0.0730 e. The van der Waals surface area contributed by atoms with E-state index in [1.165, 1.54) is 27.0 Å². The van der Waals surface area contributed by atoms with Gasteiger partial charge in [0, 0.05) is 52.7 Å². The van der Waals surface area contributed by atoms with Gasteiger partial charge in [-0.05, 0) is 48.6 Å². The van der Waals surface area contributed by atoms with E-state index >= 15 is 0 Å². The molecule has 3 nitrogen and oxygen atoms in total. The number of halogens is 6. The summed E-state index contributed by atoms with van der Waals surface area (Å²) in [6.07, 6.45) is 1.07. The van der Waals surface area contributed by atoms with Gasteiger partial charge >= 0.3 is 0 Å². The highest BCUT2D eigenvalue weighted by molar-refractivity contribution is 7.99. The first-order valence-electron chi connectivity index (χ1n) is 10.9. The molecule has 1 heterocycles. The minimum Gasteiger partial charge on any atom is -0.384 e. The lowest BCUT2D eigenvalue weighted by Crippen LogP contribution is -2.27. The molecule has 0 saturated carbocycles. The Balaban J connectivity index is 0.00000306. The topological polar surface area (TPSA) is 28.2 Å². The van der Waals surface area contributed by atoms with E-state index in [4.69, 9.17) is 28.2 Å². The highest BCUT2D eigenvalue weighted by Gasteiger charge is 2.08. The zero-order valence-electron chi connectivity index (χ0n) is 19.6. The first kappa shape index (κ1) is 35.0. The Morgan fingerprint density at radius 3 is 1.78 bits per heavy atom. The number of fused-ring (bicyclic) bond motifs is 2. The van der Waals surface area contributed by atoms with Gasteiger partial charge < -0.3 is 10.2 Å². The molecule has 10 heteroatoms. The van der Waals surface area contributed by atoms with Crippen LogP contribution in [0.4, 0.5) is 11.4 Å². The Labute approximate surface area is 252 Å². The van der Waals surface area contributed by atoms with Crippen LogP contribution in [0.5, 0.6) is 0 Å². The zero-order chi connectivity index (χ0) is 22.2. The van der Waals surface area contributed by atoms with E-state index in [2.05, 4.69) is 70.9 Å². The molecule has 0 bridgehead atoms. The van der Waals surface area contributed by atoms with Crippen LogP contribution >= 0.6 is 84.6 Å². The van der Waals surface area contributed by atoms with Crippen molar-refractivity contribution in [2.75, 3.05) is 47.4 Å². The summed E-state index contributed by atoms with van der Waals surface area (Å²) < 4.78 is 0. The highest BCUT2D eigenvalue weighted by atomic mass is 35.5. The molecule has 198 valence electrons. The maximum atomic E-state index is 5.92. The van der Waals surface area contributed by atoms with E-state index < -0.39 is 0 Å². The third-order valence-electron chi connectivity index (χ3n) is 5.39. The molecule has 36 heavy (non-hydrogen) atoms. The standard InChI is InChI=1S/C26H27Cl2N3S.4ClH/c27-14-17-31(18-15-28)20-10-12-21(13-11-20)32-19-5-16-29-26-22-6-1-3-8-24(22)30-25-9-4-2-7-23(25)26;;;;/h1-4,6-13H,5,14-19H2,(H,29,30);4*1H. The van der Waals surface area contributed by atoms with Crippen molar-refractivity contribution in [1.82, 2.24) is 4.98 Å². The van der Waals surface area contributed by atoms with Crippen LogP contribution in [0.25, 0.3) is 21.8 Å². The van der Waals surface area contributed by atoms with E-state index in [1.54, 1.807) is 0 Å². The normalized spacial score (nSPS) is 9.94. The fourth-order valence-corrected chi connectivity index (χ4v) is 5.09. The van der Waals surface area contributed by atoms with Gasteiger partial charge in [0.1, 0.15) is 0 Å². The van der Waals surface area contributed by atoms with Crippen molar-refractivity contribution in [1.29, 1.82) is 0 Å². The lowest BCUT2D eigenvalue weighted by Gasteiger charge is -2.23. The largest absolute Gasteiger partial charge is 0.384 e. The molecule has 3 aromatic carbocycles. The van der Waals surface area contributed by atoms with E-state index in [1.807, 2.05) is 23.9 Å². The van der Waals surface area contributed by atoms with Crippen LogP contribution in [-0.4, -0.2) is 42.1 Å². The second-order valence-electron chi connectivity index (χ2n) is 7.51. The van der Waals surface area contributed by atoms with Crippen molar-refractivity contribution in [3.05, 3.63) is 72.8 Å². The van der Waals surface area contributed by atoms with Crippen LogP contribution in [0.15, 0.2) is 77.7 Å². The molecule has 0 aliphatic carbocycles. The average Bonchev–Trinajstić information content (AvgIpc) is 2.83. The number of benzene rings is 3. The molecule has 0 amide bonds. The van der Waals surface area contributed by atoms with Gasteiger partial charge in [0.15, 0.2) is 0 Å². The quantitative estimate of drug-likeness (QED) is 0.0776. The fourth-order valence-electron chi connectivity index (χ4n) is 3.83. The third-order valence-corrected chi connectivity index (χ3v) is 6.83. The van der Waals surface area contributed by atoms with E-state index in [-0.39, 0.29) is 49.6 Å². The van der Waals surface area contributed by atoms with Gasteiger partial charge in [-0.25, -0.2) is 4.98 Å². The summed E-state index contributed by atoms with van der Waals surface area (Å²) in [7, 11) is 0. The van der Waals surface area contributed by atoms with Gasteiger partial charge in [-0.15, -0.1) is 84.6 Å². The number of aromatic nitrogens is 1. The molecule has 0 unspecified atom stereocenters. The lowest BCUT2D eigenvalue weighted by atomic mass is 10.1. The maximum Gasteiger partial charge on any atom is 0.0730 e. The molecule has 0 atom stereocenters. The summed E-state index contributed by atoms with van der Waals surface area (Å²) in [6.45, 7) is 2.54. The Morgan fingerprint density at radius 1 is 0.722 bits per heavy atom. The molecule has 0 fully saturated rings. The number of thioether (sulfide) groups is 1. The highest BCUT2D eigenvalue weighted by Crippen LogP contribution is 2.30. The molecule has 4 aromatic rings. The molecule has 1 aromatic heterocycles. The van der Waals surface area contributed by atoms with Gasteiger partial charge in [-0.3, -0.25) is 0 Å². The molecular weight excluding hydrogens is 599 g/mol. The number of hydrogen-bond donors (Lipinski definition) is 1. The summed E-state index contributed by atoms with van der Waals surface area (Å²) in [6, 6.07) is 25.4. The van der Waals surface area contributed by atoms with Gasteiger partial charge in [-0.2, -0.15) is 0 Å². The monoisotopic (exact) mass is 627 g/mol. The van der Waals surface area contributed by atoms with Crippen LogP contribution in [0.1, 0.15) is 6.42 Å². The van der Waals surface area contributed by atoms with Crippen LogP contribution in [0.2, 0.25) is 0 Å². The van der Waals surface area contributed by atoms with Crippen LogP contribution in [-0.2, 0) is 0 Å². The van der Waals surface area contributed by atoms with E-state index in [0.717, 1.165) is 42.8 Å². The molecule has 0 radical (unpaired) electrons. The SMILES string of the molecule is Cl.Cl.Cl.Cl.ClCCN(CCCl)c1ccc(SCCCNc2c3ccccc3nc3ccccc23)cc1. The molecule has 0 saturated heterocycles. The fraction of sp³-hybridized carbons (Fsp3) is 0.269. The molecular formula is C26H31Cl6N3S. The van der Waals surface area contributed by atoms with Gasteiger partial charge in [0.05, 0.1) is 16.7 Å². The molecule has 0 aliphatic heterocycles. The number of para-hydroxylation sites is 2. The Kier molecular flexibility index (Phi) is 17.8. The summed E-state index contributed by atoms with van der Waals surface area (Å²) in [5, 5.41) is 6.03. The van der Waals surface area contributed by atoms with Crippen LogP contribution in [0, 0.1) is 0 Å². The zero-order valence-corrected chi connectivity index (χ0v) is 25.2. The molecule has 1 N–H and O–H groups in total. The lowest BCUT2D eigenvalue weighted by molar-refractivity contribution is 0.873. The minimum atomic E-state index is 0. The van der Waals surface area contributed by atoms with Gasteiger partial charge in [0.2, 0.25) is 0 Å². The van der Waals surface area contributed by atoms with Gasteiger partial charge in [-0.1, -0.05) is 36.4 Å². The summed E-state index contributed by atoms with van der Waals surface area (Å²) >= 11 is 13.7. The molecule has 0 spiro atoms. The predicted octanol–water partition coefficient (Wildman–Crippen LogP) is 8.95. The first-order chi connectivity index (χ1) is 15.8. The summed E-state index contributed by atoms with van der Waals surface area (Å²) in [4.78, 5) is 8.31. The second kappa shape index (κ2) is 18.3. The summed E-state index contributed by atoms with van der Waals surface area (Å²) in [5.41, 5.74) is 4.41. The van der Waals surface area contributed by atoms with Crippen molar-refractivity contribution in [2.45, 2.75) is 11.3 Å². The first-order valence-corrected chi connectivity index (χ1v) is 13.0. The number of hydrogen-bond acceptors (Lipinski definition) is 4. The van der Waals surface area contributed by atoms with Crippen molar-refractivity contribution >= 4 is 118 Å². The number of nitrogens with zero attached hydrogens (tertiary/aromatic N) is 2. The number of rotatable bonds is 11. The van der Waals surface area contributed by atoms with E-state index in [9.17, 15) is 0 Å². The van der Waals surface area contributed by atoms with Gasteiger partial charge in [0.25, 0.3) is 0 Å². The van der Waals surface area contributed by atoms with Crippen LogP contribution < -0.4 is 10.2 Å². The van der Waals surface area contributed by atoms with Crippen molar-refractivity contribution in [3.63, 3.8) is 0 Å². The van der Waals surface area contributed by atoms with Crippen LogP contribution in [0.3, 0.4) is 0 Å².